The van der Waals surface area contributed by atoms with Crippen LogP contribution in [0.2, 0.25) is 0 Å². The summed E-state index contributed by atoms with van der Waals surface area (Å²) in [7, 11) is 0. The number of para-hydroxylation sites is 1. The lowest BCUT2D eigenvalue weighted by molar-refractivity contribution is 0.691. The van der Waals surface area contributed by atoms with Gasteiger partial charge in [-0.1, -0.05) is 29.5 Å². The Morgan fingerprint density at radius 1 is 1.16 bits per heavy atom. The molecule has 0 saturated heterocycles. The van der Waals surface area contributed by atoms with Gasteiger partial charge in [-0.25, -0.2) is 15.0 Å². The molecule has 0 radical (unpaired) electrons. The summed E-state index contributed by atoms with van der Waals surface area (Å²) >= 11 is 1.65. The average molecular weight is 268 g/mol. The van der Waals surface area contributed by atoms with Gasteiger partial charge in [-0.05, 0) is 18.1 Å². The fourth-order valence-electron chi connectivity index (χ4n) is 2.48. The van der Waals surface area contributed by atoms with Crippen LogP contribution in [0.3, 0.4) is 0 Å². The third kappa shape index (κ3) is 1.86. The Bertz CT molecular complexity index is 704. The Labute approximate surface area is 114 Å². The van der Waals surface area contributed by atoms with Gasteiger partial charge < -0.3 is 5.32 Å². The van der Waals surface area contributed by atoms with E-state index in [9.17, 15) is 0 Å². The Balaban J connectivity index is 1.70. The molecule has 0 amide bonds. The highest BCUT2D eigenvalue weighted by Crippen LogP contribution is 2.33. The first-order valence-electron chi connectivity index (χ1n) is 6.29. The van der Waals surface area contributed by atoms with Crippen molar-refractivity contribution < 1.29 is 0 Å². The number of thiazole rings is 1. The average Bonchev–Trinajstić information content (AvgIpc) is 2.90. The molecule has 1 N–H and O–H groups in total. The Hall–Kier alpha value is -2.01. The number of nitrogens with zero attached hydrogens (tertiary/aromatic N) is 3. The number of hydrogen-bond donors (Lipinski definition) is 1. The van der Waals surface area contributed by atoms with Gasteiger partial charge >= 0.3 is 0 Å². The van der Waals surface area contributed by atoms with E-state index >= 15 is 0 Å². The maximum Gasteiger partial charge on any atom is 0.189 e. The summed E-state index contributed by atoms with van der Waals surface area (Å²) in [6.45, 7) is 0.927. The molecule has 1 aromatic carbocycles. The highest BCUT2D eigenvalue weighted by molar-refractivity contribution is 7.18. The first-order valence-corrected chi connectivity index (χ1v) is 7.11. The molecule has 3 heterocycles. The molecule has 1 unspecified atom stereocenters. The molecule has 1 aliphatic rings. The highest BCUT2D eigenvalue weighted by Gasteiger charge is 2.22. The molecule has 94 valence electrons. The third-order valence-corrected chi connectivity index (χ3v) is 4.55. The molecule has 1 atom stereocenters. The van der Waals surface area contributed by atoms with Gasteiger partial charge in [0.2, 0.25) is 0 Å². The zero-order chi connectivity index (χ0) is 12.7. The Morgan fingerprint density at radius 2 is 2.05 bits per heavy atom. The summed E-state index contributed by atoms with van der Waals surface area (Å²) in [5.41, 5.74) is 3.37. The van der Waals surface area contributed by atoms with Crippen LogP contribution in [0.1, 0.15) is 16.5 Å². The largest absolute Gasteiger partial charge is 0.384 e. The van der Waals surface area contributed by atoms with E-state index in [1.807, 2.05) is 0 Å². The highest BCUT2D eigenvalue weighted by atomic mass is 32.1. The van der Waals surface area contributed by atoms with Gasteiger partial charge in [-0.3, -0.25) is 0 Å². The monoisotopic (exact) mass is 268 g/mol. The number of fused-ring (bicyclic) bond motifs is 2. The molecule has 0 spiro atoms. The van der Waals surface area contributed by atoms with Crippen molar-refractivity contribution in [1.29, 1.82) is 0 Å². The van der Waals surface area contributed by atoms with E-state index in [4.69, 9.17) is 0 Å². The second kappa shape index (κ2) is 4.28. The lowest BCUT2D eigenvalue weighted by atomic mass is 9.94. The van der Waals surface area contributed by atoms with Crippen LogP contribution in [0.15, 0.2) is 36.7 Å². The third-order valence-electron chi connectivity index (χ3n) is 3.44. The maximum absolute atomic E-state index is 4.61. The summed E-state index contributed by atoms with van der Waals surface area (Å²) < 4.78 is 0. The smallest absolute Gasteiger partial charge is 0.189 e. The summed E-state index contributed by atoms with van der Waals surface area (Å²) in [5.74, 6) is 0.413. The van der Waals surface area contributed by atoms with E-state index in [0.717, 1.165) is 28.5 Å². The summed E-state index contributed by atoms with van der Waals surface area (Å²) in [6.07, 6.45) is 4.45. The number of nitrogens with one attached hydrogen (secondary N) is 1. The van der Waals surface area contributed by atoms with Gasteiger partial charge in [-0.15, -0.1) is 0 Å². The fraction of sp³-hybridized carbons (Fsp3) is 0.214. The predicted molar refractivity (Wildman–Crippen MR) is 76.6 cm³/mol. The minimum atomic E-state index is 0.413. The minimum absolute atomic E-state index is 0.413. The van der Waals surface area contributed by atoms with E-state index in [1.54, 1.807) is 23.7 Å². The fourth-order valence-corrected chi connectivity index (χ4v) is 3.45. The van der Waals surface area contributed by atoms with Crippen LogP contribution in [0.4, 0.5) is 5.69 Å². The van der Waals surface area contributed by atoms with E-state index in [-0.39, 0.29) is 0 Å². The zero-order valence-corrected chi connectivity index (χ0v) is 11.0. The number of rotatable bonds is 1. The van der Waals surface area contributed by atoms with Crippen molar-refractivity contribution in [3.05, 3.63) is 47.2 Å². The van der Waals surface area contributed by atoms with Crippen molar-refractivity contribution in [3.8, 4) is 0 Å². The van der Waals surface area contributed by atoms with E-state index in [0.29, 0.717) is 5.92 Å². The van der Waals surface area contributed by atoms with Crippen molar-refractivity contribution >= 4 is 27.5 Å². The molecule has 0 saturated carbocycles. The number of anilines is 1. The Morgan fingerprint density at radius 3 is 3.00 bits per heavy atom. The second-order valence-corrected chi connectivity index (χ2v) is 5.69. The van der Waals surface area contributed by atoms with Crippen LogP contribution in [-0.2, 0) is 6.42 Å². The quantitative estimate of drug-likeness (QED) is 0.737. The van der Waals surface area contributed by atoms with Crippen molar-refractivity contribution in [1.82, 2.24) is 15.0 Å². The van der Waals surface area contributed by atoms with Crippen molar-refractivity contribution in [2.24, 2.45) is 0 Å². The van der Waals surface area contributed by atoms with E-state index < -0.39 is 0 Å². The molecule has 3 aromatic rings. The van der Waals surface area contributed by atoms with Crippen LogP contribution >= 0.6 is 11.3 Å². The van der Waals surface area contributed by atoms with Crippen molar-refractivity contribution in [2.45, 2.75) is 12.3 Å². The van der Waals surface area contributed by atoms with Crippen LogP contribution in [0, 0.1) is 0 Å². The molecule has 0 aliphatic carbocycles. The van der Waals surface area contributed by atoms with Gasteiger partial charge in [0.25, 0.3) is 0 Å². The number of hydrogen-bond acceptors (Lipinski definition) is 5. The molecular weight excluding hydrogens is 256 g/mol. The zero-order valence-electron chi connectivity index (χ0n) is 10.2. The summed E-state index contributed by atoms with van der Waals surface area (Å²) in [6, 6.07) is 8.47. The van der Waals surface area contributed by atoms with Gasteiger partial charge in [0, 0.05) is 30.5 Å². The SMILES string of the molecule is c1ccc2c(c1)CC(c1nc3nccnc3s1)CN2. The van der Waals surface area contributed by atoms with Crippen molar-refractivity contribution in [3.63, 3.8) is 0 Å². The first-order chi connectivity index (χ1) is 9.40. The maximum atomic E-state index is 4.61. The molecule has 0 fully saturated rings. The number of aromatic nitrogens is 3. The summed E-state index contributed by atoms with van der Waals surface area (Å²) in [4.78, 5) is 14.1. The molecular formula is C14H12N4S. The minimum Gasteiger partial charge on any atom is -0.384 e. The van der Waals surface area contributed by atoms with Gasteiger partial charge in [-0.2, -0.15) is 0 Å². The van der Waals surface area contributed by atoms with Gasteiger partial charge in [0.15, 0.2) is 10.5 Å². The van der Waals surface area contributed by atoms with Crippen LogP contribution in [-0.4, -0.2) is 21.5 Å². The summed E-state index contributed by atoms with van der Waals surface area (Å²) in [5, 5.41) is 4.61. The van der Waals surface area contributed by atoms with E-state index in [2.05, 4.69) is 44.5 Å². The second-order valence-electron chi connectivity index (χ2n) is 4.68. The van der Waals surface area contributed by atoms with Crippen LogP contribution < -0.4 is 5.32 Å². The van der Waals surface area contributed by atoms with Crippen LogP contribution in [0.5, 0.6) is 0 Å². The molecule has 4 rings (SSSR count). The molecule has 2 aromatic heterocycles. The molecule has 19 heavy (non-hydrogen) atoms. The first kappa shape index (κ1) is 10.9. The van der Waals surface area contributed by atoms with Gasteiger partial charge in [0.05, 0.1) is 0 Å². The van der Waals surface area contributed by atoms with E-state index in [1.165, 1.54) is 11.3 Å². The normalized spacial score (nSPS) is 18.0. The van der Waals surface area contributed by atoms with Gasteiger partial charge in [0.1, 0.15) is 5.01 Å². The standard InChI is InChI=1S/C14H12N4S/c1-2-4-11-9(3-1)7-10(8-17-11)13-18-12-14(19-13)16-6-5-15-12/h1-6,10,17H,7-8H2. The lowest BCUT2D eigenvalue weighted by Gasteiger charge is -2.24. The molecule has 0 bridgehead atoms. The predicted octanol–water partition coefficient (Wildman–Crippen LogP) is 2.84. The number of benzene rings is 1. The molecule has 1 aliphatic heterocycles. The van der Waals surface area contributed by atoms with Crippen LogP contribution in [0.25, 0.3) is 10.5 Å². The van der Waals surface area contributed by atoms with Crippen molar-refractivity contribution in [2.75, 3.05) is 11.9 Å². The lowest BCUT2D eigenvalue weighted by Crippen LogP contribution is -2.21. The Kier molecular flexibility index (Phi) is 2.45. The molecule has 4 nitrogen and oxygen atoms in total. The topological polar surface area (TPSA) is 50.7 Å². The molecule has 5 heteroatoms.